The first-order valence-corrected chi connectivity index (χ1v) is 11.2. The molecule has 1 heterocycles. The monoisotopic (exact) mass is 390 g/mol. The summed E-state index contributed by atoms with van der Waals surface area (Å²) in [5.41, 5.74) is 3.37. The highest BCUT2D eigenvalue weighted by molar-refractivity contribution is 5.94. The van der Waals surface area contributed by atoms with Crippen LogP contribution in [0.4, 0.5) is 0 Å². The standard InChI is InChI=1S/C26H34N2O/c1-20-13-15-22(16-14-20)26(29)28-18-23(17-27(2)24-11-7-4-8-12-24)25(19-28)21-9-5-3-6-10-21/h3,5-6,9-10,13-16,23-25H,4,7-8,11-12,17-19H2,1-2H3/t23-,25+/m1/s1. The average molecular weight is 391 g/mol. The van der Waals surface area contributed by atoms with E-state index in [0.29, 0.717) is 17.9 Å². The van der Waals surface area contributed by atoms with E-state index in [1.807, 2.05) is 24.3 Å². The molecule has 2 aromatic carbocycles. The van der Waals surface area contributed by atoms with Crippen molar-refractivity contribution in [3.8, 4) is 0 Å². The highest BCUT2D eigenvalue weighted by Gasteiger charge is 2.37. The van der Waals surface area contributed by atoms with Crippen molar-refractivity contribution in [2.24, 2.45) is 5.92 Å². The fourth-order valence-electron chi connectivity index (χ4n) is 5.22. The minimum Gasteiger partial charge on any atom is -0.338 e. The van der Waals surface area contributed by atoms with E-state index in [9.17, 15) is 4.79 Å². The molecule has 0 spiro atoms. The molecule has 0 unspecified atom stereocenters. The average Bonchev–Trinajstić information content (AvgIpc) is 3.19. The predicted molar refractivity (Wildman–Crippen MR) is 119 cm³/mol. The fraction of sp³-hybridized carbons (Fsp3) is 0.500. The lowest BCUT2D eigenvalue weighted by Crippen LogP contribution is -2.38. The molecule has 154 valence electrons. The summed E-state index contributed by atoms with van der Waals surface area (Å²) < 4.78 is 0. The summed E-state index contributed by atoms with van der Waals surface area (Å²) in [5, 5.41) is 0. The van der Waals surface area contributed by atoms with Crippen LogP contribution in [-0.4, -0.2) is 48.4 Å². The van der Waals surface area contributed by atoms with Crippen LogP contribution in [0, 0.1) is 12.8 Å². The zero-order chi connectivity index (χ0) is 20.2. The molecule has 0 bridgehead atoms. The summed E-state index contributed by atoms with van der Waals surface area (Å²) in [6.07, 6.45) is 6.76. The minimum absolute atomic E-state index is 0.175. The van der Waals surface area contributed by atoms with Crippen LogP contribution in [0.2, 0.25) is 0 Å². The van der Waals surface area contributed by atoms with E-state index in [1.54, 1.807) is 0 Å². The van der Waals surface area contributed by atoms with Crippen molar-refractivity contribution in [2.75, 3.05) is 26.7 Å². The van der Waals surface area contributed by atoms with Gasteiger partial charge in [0.1, 0.15) is 0 Å². The lowest BCUT2D eigenvalue weighted by Gasteiger charge is -2.34. The second-order valence-corrected chi connectivity index (χ2v) is 9.08. The number of nitrogens with zero attached hydrogens (tertiary/aromatic N) is 2. The van der Waals surface area contributed by atoms with E-state index < -0.39 is 0 Å². The van der Waals surface area contributed by atoms with Gasteiger partial charge in [-0.2, -0.15) is 0 Å². The van der Waals surface area contributed by atoms with Crippen LogP contribution >= 0.6 is 0 Å². The molecule has 3 heteroatoms. The SMILES string of the molecule is Cc1ccc(C(=O)N2C[C@@H](CN(C)C3CCCCC3)[C@H](c3ccccc3)C2)cc1. The molecule has 29 heavy (non-hydrogen) atoms. The van der Waals surface area contributed by atoms with Crippen LogP contribution in [0.3, 0.4) is 0 Å². The summed E-state index contributed by atoms with van der Waals surface area (Å²) in [6, 6.07) is 19.5. The zero-order valence-electron chi connectivity index (χ0n) is 17.9. The van der Waals surface area contributed by atoms with Gasteiger partial charge in [-0.05, 0) is 50.4 Å². The van der Waals surface area contributed by atoms with Gasteiger partial charge < -0.3 is 9.80 Å². The van der Waals surface area contributed by atoms with Crippen molar-refractivity contribution in [2.45, 2.75) is 51.0 Å². The summed E-state index contributed by atoms with van der Waals surface area (Å²) in [7, 11) is 2.29. The molecule has 1 aliphatic heterocycles. The Balaban J connectivity index is 1.51. The lowest BCUT2D eigenvalue weighted by molar-refractivity contribution is 0.0780. The summed E-state index contributed by atoms with van der Waals surface area (Å²) in [5.74, 6) is 1.07. The van der Waals surface area contributed by atoms with E-state index in [4.69, 9.17) is 0 Å². The number of rotatable bonds is 5. The number of aryl methyl sites for hydroxylation is 1. The van der Waals surface area contributed by atoms with Gasteiger partial charge in [0.05, 0.1) is 0 Å². The number of carbonyl (C=O) groups is 1. The van der Waals surface area contributed by atoms with Gasteiger partial charge in [-0.15, -0.1) is 0 Å². The van der Waals surface area contributed by atoms with Crippen LogP contribution in [-0.2, 0) is 0 Å². The van der Waals surface area contributed by atoms with E-state index >= 15 is 0 Å². The van der Waals surface area contributed by atoms with E-state index in [1.165, 1.54) is 43.2 Å². The number of amides is 1. The fourth-order valence-corrected chi connectivity index (χ4v) is 5.22. The van der Waals surface area contributed by atoms with Crippen molar-refractivity contribution in [1.82, 2.24) is 9.80 Å². The predicted octanol–water partition coefficient (Wildman–Crippen LogP) is 5.12. The largest absolute Gasteiger partial charge is 0.338 e. The Bertz CT molecular complexity index is 795. The number of likely N-dealkylation sites (tertiary alicyclic amines) is 1. The number of hydrogen-bond acceptors (Lipinski definition) is 2. The third-order valence-corrected chi connectivity index (χ3v) is 6.98. The van der Waals surface area contributed by atoms with Gasteiger partial charge in [0.15, 0.2) is 0 Å². The topological polar surface area (TPSA) is 23.6 Å². The molecule has 4 rings (SSSR count). The molecule has 0 aromatic heterocycles. The van der Waals surface area contributed by atoms with Crippen LogP contribution in [0.15, 0.2) is 54.6 Å². The summed E-state index contributed by atoms with van der Waals surface area (Å²) >= 11 is 0. The van der Waals surface area contributed by atoms with Gasteiger partial charge in [-0.3, -0.25) is 4.79 Å². The Hall–Kier alpha value is -2.13. The quantitative estimate of drug-likeness (QED) is 0.708. The number of carbonyl (C=O) groups excluding carboxylic acids is 1. The molecule has 2 aliphatic rings. The molecule has 3 nitrogen and oxygen atoms in total. The molecule has 1 amide bonds. The van der Waals surface area contributed by atoms with Crippen molar-refractivity contribution >= 4 is 5.91 Å². The van der Waals surface area contributed by atoms with Gasteiger partial charge in [-0.25, -0.2) is 0 Å². The molecule has 1 saturated heterocycles. The Kier molecular flexibility index (Phi) is 6.34. The van der Waals surface area contributed by atoms with Crippen molar-refractivity contribution in [3.05, 3.63) is 71.3 Å². The summed E-state index contributed by atoms with van der Waals surface area (Å²) in [4.78, 5) is 17.8. The minimum atomic E-state index is 0.175. The molecule has 2 atom stereocenters. The van der Waals surface area contributed by atoms with Gasteiger partial charge in [0.25, 0.3) is 5.91 Å². The van der Waals surface area contributed by atoms with E-state index in [0.717, 1.165) is 25.2 Å². The molecular weight excluding hydrogens is 356 g/mol. The van der Waals surface area contributed by atoms with E-state index in [2.05, 4.69) is 54.1 Å². The van der Waals surface area contributed by atoms with Crippen molar-refractivity contribution < 1.29 is 4.79 Å². The zero-order valence-corrected chi connectivity index (χ0v) is 17.9. The highest BCUT2D eigenvalue weighted by atomic mass is 16.2. The van der Waals surface area contributed by atoms with Crippen LogP contribution in [0.1, 0.15) is 59.5 Å². The van der Waals surface area contributed by atoms with Gasteiger partial charge in [0, 0.05) is 37.2 Å². The van der Waals surface area contributed by atoms with Crippen LogP contribution in [0.25, 0.3) is 0 Å². The molecular formula is C26H34N2O. The summed E-state index contributed by atoms with van der Waals surface area (Å²) in [6.45, 7) is 4.80. The first-order valence-electron chi connectivity index (χ1n) is 11.2. The lowest BCUT2D eigenvalue weighted by atomic mass is 9.87. The van der Waals surface area contributed by atoms with Gasteiger partial charge >= 0.3 is 0 Å². The normalized spacial score (nSPS) is 22.9. The molecule has 0 radical (unpaired) electrons. The maximum absolute atomic E-state index is 13.2. The first kappa shape index (κ1) is 20.2. The first-order chi connectivity index (χ1) is 14.1. The molecule has 1 aliphatic carbocycles. The van der Waals surface area contributed by atoms with Crippen molar-refractivity contribution in [1.29, 1.82) is 0 Å². The van der Waals surface area contributed by atoms with Gasteiger partial charge in [0.2, 0.25) is 0 Å². The third-order valence-electron chi connectivity index (χ3n) is 6.98. The van der Waals surface area contributed by atoms with Crippen LogP contribution < -0.4 is 0 Å². The Labute approximate surface area is 175 Å². The highest BCUT2D eigenvalue weighted by Crippen LogP contribution is 2.35. The second-order valence-electron chi connectivity index (χ2n) is 9.08. The smallest absolute Gasteiger partial charge is 0.253 e. The molecule has 1 saturated carbocycles. The molecule has 2 fully saturated rings. The van der Waals surface area contributed by atoms with Gasteiger partial charge in [-0.1, -0.05) is 67.3 Å². The maximum atomic E-state index is 13.2. The molecule has 0 N–H and O–H groups in total. The number of benzene rings is 2. The van der Waals surface area contributed by atoms with Crippen molar-refractivity contribution in [3.63, 3.8) is 0 Å². The Morgan fingerprint density at radius 3 is 2.34 bits per heavy atom. The number of hydrogen-bond donors (Lipinski definition) is 0. The van der Waals surface area contributed by atoms with Crippen LogP contribution in [0.5, 0.6) is 0 Å². The second kappa shape index (κ2) is 9.13. The Morgan fingerprint density at radius 2 is 1.66 bits per heavy atom. The van der Waals surface area contributed by atoms with E-state index in [-0.39, 0.29) is 5.91 Å². The third kappa shape index (κ3) is 4.72. The Morgan fingerprint density at radius 1 is 0.966 bits per heavy atom. The maximum Gasteiger partial charge on any atom is 0.253 e. The molecule has 2 aromatic rings.